The second-order valence-electron chi connectivity index (χ2n) is 5.24. The zero-order chi connectivity index (χ0) is 17.2. The molecule has 0 saturated carbocycles. The van der Waals surface area contributed by atoms with Gasteiger partial charge in [-0.2, -0.15) is 0 Å². The summed E-state index contributed by atoms with van der Waals surface area (Å²) < 4.78 is 16.1. The van der Waals surface area contributed by atoms with E-state index in [4.69, 9.17) is 13.6 Å². The van der Waals surface area contributed by atoms with Crippen molar-refractivity contribution in [3.05, 3.63) is 60.4 Å². The van der Waals surface area contributed by atoms with Gasteiger partial charge in [0.05, 0.1) is 7.11 Å². The highest BCUT2D eigenvalue weighted by Gasteiger charge is 2.16. The fraction of sp³-hybridized carbons (Fsp3) is 0.0556. The molecule has 0 spiro atoms. The molecule has 0 atom stereocenters. The number of nitrogens with one attached hydrogen (secondary N) is 1. The lowest BCUT2D eigenvalue weighted by Gasteiger charge is -1.99. The van der Waals surface area contributed by atoms with Crippen molar-refractivity contribution in [3.63, 3.8) is 0 Å². The Bertz CT molecular complexity index is 1000. The standard InChI is InChI=1S/C18H13N3O4/c1-23-13-8-6-11(7-9-13)17-20-21-18(25-17)19-16(22)15-10-12-4-2-3-5-14(12)24-15/h2-10H,1H3,(H,19,21,22). The van der Waals surface area contributed by atoms with Crippen LogP contribution in [0, 0.1) is 0 Å². The Morgan fingerprint density at radius 3 is 2.60 bits per heavy atom. The first-order chi connectivity index (χ1) is 12.2. The van der Waals surface area contributed by atoms with Crippen molar-refractivity contribution >= 4 is 22.9 Å². The van der Waals surface area contributed by atoms with Crippen LogP contribution in [0.3, 0.4) is 0 Å². The summed E-state index contributed by atoms with van der Waals surface area (Å²) in [4.78, 5) is 12.3. The molecule has 0 fully saturated rings. The number of carbonyl (C=O) groups excluding carboxylic acids is 1. The number of methoxy groups -OCH3 is 1. The van der Waals surface area contributed by atoms with E-state index in [1.54, 1.807) is 43.5 Å². The minimum absolute atomic E-state index is 0.00345. The molecule has 0 aliphatic rings. The van der Waals surface area contributed by atoms with E-state index in [0.717, 1.165) is 16.7 Å². The molecule has 25 heavy (non-hydrogen) atoms. The largest absolute Gasteiger partial charge is 0.497 e. The third-order valence-corrected chi connectivity index (χ3v) is 3.63. The fourth-order valence-electron chi connectivity index (χ4n) is 2.38. The molecule has 0 unspecified atom stereocenters. The van der Waals surface area contributed by atoms with Crippen molar-refractivity contribution in [1.82, 2.24) is 10.2 Å². The van der Waals surface area contributed by atoms with Crippen LogP contribution in [0.5, 0.6) is 5.75 Å². The van der Waals surface area contributed by atoms with Gasteiger partial charge in [0.1, 0.15) is 11.3 Å². The number of rotatable bonds is 4. The molecule has 0 radical (unpaired) electrons. The van der Waals surface area contributed by atoms with E-state index in [2.05, 4.69) is 15.5 Å². The van der Waals surface area contributed by atoms with Crippen LogP contribution in [0.1, 0.15) is 10.6 Å². The van der Waals surface area contributed by atoms with E-state index in [0.29, 0.717) is 11.5 Å². The van der Waals surface area contributed by atoms with Gasteiger partial charge in [-0.05, 0) is 36.4 Å². The van der Waals surface area contributed by atoms with Crippen LogP contribution in [0.15, 0.2) is 63.4 Å². The third-order valence-electron chi connectivity index (χ3n) is 3.63. The molecule has 0 aliphatic heterocycles. The van der Waals surface area contributed by atoms with E-state index in [1.807, 2.05) is 18.2 Å². The summed E-state index contributed by atoms with van der Waals surface area (Å²) in [6.45, 7) is 0. The van der Waals surface area contributed by atoms with Gasteiger partial charge >= 0.3 is 6.01 Å². The number of hydrogen-bond acceptors (Lipinski definition) is 6. The van der Waals surface area contributed by atoms with Crippen LogP contribution < -0.4 is 10.1 Å². The zero-order valence-corrected chi connectivity index (χ0v) is 13.2. The maximum absolute atomic E-state index is 12.3. The summed E-state index contributed by atoms with van der Waals surface area (Å²) in [5.74, 6) is 0.732. The minimum atomic E-state index is -0.457. The molecule has 4 aromatic rings. The Kier molecular flexibility index (Phi) is 3.66. The van der Waals surface area contributed by atoms with Gasteiger partial charge in [-0.1, -0.05) is 23.3 Å². The number of fused-ring (bicyclic) bond motifs is 1. The number of aromatic nitrogens is 2. The second-order valence-corrected chi connectivity index (χ2v) is 5.24. The Labute approximate surface area is 142 Å². The van der Waals surface area contributed by atoms with Crippen LogP contribution in [0.4, 0.5) is 6.01 Å². The topological polar surface area (TPSA) is 90.4 Å². The predicted octanol–water partition coefficient (Wildman–Crippen LogP) is 3.74. The van der Waals surface area contributed by atoms with Crippen molar-refractivity contribution in [3.8, 4) is 17.2 Å². The number of para-hydroxylation sites is 1. The number of nitrogens with zero attached hydrogens (tertiary/aromatic N) is 2. The van der Waals surface area contributed by atoms with Crippen molar-refractivity contribution in [2.24, 2.45) is 0 Å². The number of furan rings is 1. The number of amides is 1. The van der Waals surface area contributed by atoms with Gasteiger partial charge in [0.15, 0.2) is 5.76 Å². The molecular formula is C18H13N3O4. The van der Waals surface area contributed by atoms with Gasteiger partial charge in [0.2, 0.25) is 5.89 Å². The van der Waals surface area contributed by atoms with Crippen LogP contribution in [0.2, 0.25) is 0 Å². The molecule has 1 N–H and O–H groups in total. The molecular weight excluding hydrogens is 322 g/mol. The third kappa shape index (κ3) is 2.94. The summed E-state index contributed by atoms with van der Waals surface area (Å²) >= 11 is 0. The van der Waals surface area contributed by atoms with Crippen LogP contribution in [0.25, 0.3) is 22.4 Å². The van der Waals surface area contributed by atoms with Crippen molar-refractivity contribution < 1.29 is 18.4 Å². The first-order valence-corrected chi connectivity index (χ1v) is 7.51. The van der Waals surface area contributed by atoms with E-state index >= 15 is 0 Å². The zero-order valence-electron chi connectivity index (χ0n) is 13.2. The van der Waals surface area contributed by atoms with Gasteiger partial charge in [0, 0.05) is 10.9 Å². The summed E-state index contributed by atoms with van der Waals surface area (Å²) in [5.41, 5.74) is 1.36. The molecule has 2 aromatic carbocycles. The SMILES string of the molecule is COc1ccc(-c2nnc(NC(=O)c3cc4ccccc4o3)o2)cc1. The average molecular weight is 335 g/mol. The molecule has 7 heteroatoms. The molecule has 1 amide bonds. The summed E-state index contributed by atoms with van der Waals surface area (Å²) in [5, 5.41) is 11.1. The van der Waals surface area contributed by atoms with Gasteiger partial charge in [0.25, 0.3) is 5.91 Å². The highest BCUT2D eigenvalue weighted by Crippen LogP contribution is 2.23. The fourth-order valence-corrected chi connectivity index (χ4v) is 2.38. The number of anilines is 1. The highest BCUT2D eigenvalue weighted by atomic mass is 16.5. The summed E-state index contributed by atoms with van der Waals surface area (Å²) in [7, 11) is 1.59. The Morgan fingerprint density at radius 2 is 1.84 bits per heavy atom. The maximum atomic E-state index is 12.3. The second kappa shape index (κ2) is 6.12. The number of ether oxygens (including phenoxy) is 1. The summed E-state index contributed by atoms with van der Waals surface area (Å²) in [6, 6.07) is 16.2. The lowest BCUT2D eigenvalue weighted by Crippen LogP contribution is -2.10. The molecule has 2 heterocycles. The van der Waals surface area contributed by atoms with Gasteiger partial charge in [-0.3, -0.25) is 10.1 Å². The van der Waals surface area contributed by atoms with Crippen molar-refractivity contribution in [1.29, 1.82) is 0 Å². The number of carbonyl (C=O) groups is 1. The Hall–Kier alpha value is -3.61. The van der Waals surface area contributed by atoms with Gasteiger partial charge < -0.3 is 13.6 Å². The molecule has 2 aromatic heterocycles. The average Bonchev–Trinajstić information content (AvgIpc) is 3.28. The minimum Gasteiger partial charge on any atom is -0.497 e. The first-order valence-electron chi connectivity index (χ1n) is 7.51. The van der Waals surface area contributed by atoms with E-state index < -0.39 is 5.91 Å². The highest BCUT2D eigenvalue weighted by molar-refractivity contribution is 6.03. The first kappa shape index (κ1) is 14.9. The lowest BCUT2D eigenvalue weighted by atomic mass is 10.2. The Balaban J connectivity index is 1.52. The van der Waals surface area contributed by atoms with E-state index in [-0.39, 0.29) is 11.8 Å². The van der Waals surface area contributed by atoms with E-state index in [1.165, 1.54) is 0 Å². The smallest absolute Gasteiger partial charge is 0.322 e. The van der Waals surface area contributed by atoms with Crippen molar-refractivity contribution in [2.45, 2.75) is 0 Å². The molecule has 4 rings (SSSR count). The predicted molar refractivity (Wildman–Crippen MR) is 90.5 cm³/mol. The quantitative estimate of drug-likeness (QED) is 0.611. The monoisotopic (exact) mass is 335 g/mol. The molecule has 0 saturated heterocycles. The molecule has 0 bridgehead atoms. The lowest BCUT2D eigenvalue weighted by molar-refractivity contribution is 0.0996. The summed E-state index contributed by atoms with van der Waals surface area (Å²) in [6.07, 6.45) is 0. The molecule has 0 aliphatic carbocycles. The van der Waals surface area contributed by atoms with E-state index in [9.17, 15) is 4.79 Å². The number of benzene rings is 2. The Morgan fingerprint density at radius 1 is 1.04 bits per heavy atom. The maximum Gasteiger partial charge on any atom is 0.322 e. The molecule has 7 nitrogen and oxygen atoms in total. The van der Waals surface area contributed by atoms with Crippen LogP contribution in [-0.4, -0.2) is 23.2 Å². The van der Waals surface area contributed by atoms with Crippen molar-refractivity contribution in [2.75, 3.05) is 12.4 Å². The number of hydrogen-bond donors (Lipinski definition) is 1. The van der Waals surface area contributed by atoms with Gasteiger partial charge in [-0.15, -0.1) is 5.10 Å². The normalized spacial score (nSPS) is 10.8. The van der Waals surface area contributed by atoms with Crippen LogP contribution in [-0.2, 0) is 0 Å². The van der Waals surface area contributed by atoms with Crippen LogP contribution >= 0.6 is 0 Å². The van der Waals surface area contributed by atoms with Gasteiger partial charge in [-0.25, -0.2) is 0 Å². The molecule has 124 valence electrons.